The molecular weight excluding hydrogens is 422 g/mol. The highest BCUT2D eigenvalue weighted by Crippen LogP contribution is 2.52. The topological polar surface area (TPSA) is 0 Å². The molecule has 0 bridgehead atoms. The molecule has 5 rings (SSSR count). The molecule has 0 spiro atoms. The van der Waals surface area contributed by atoms with Gasteiger partial charge in [-0.05, 0) is 48.5 Å². The van der Waals surface area contributed by atoms with Crippen molar-refractivity contribution in [1.82, 2.24) is 0 Å². The van der Waals surface area contributed by atoms with Crippen LogP contribution in [0.15, 0.2) is 145 Å². The van der Waals surface area contributed by atoms with Gasteiger partial charge in [0, 0.05) is 5.92 Å². The van der Waals surface area contributed by atoms with Gasteiger partial charge in [0.05, 0.1) is 0 Å². The molecule has 0 saturated heterocycles. The van der Waals surface area contributed by atoms with Crippen molar-refractivity contribution in [2.24, 2.45) is 5.92 Å². The van der Waals surface area contributed by atoms with Gasteiger partial charge in [0.2, 0.25) is 0 Å². The Morgan fingerprint density at radius 3 is 1.34 bits per heavy atom. The van der Waals surface area contributed by atoms with Gasteiger partial charge in [0.1, 0.15) is 0 Å². The Kier molecular flexibility index (Phi) is 6.74. The first-order chi connectivity index (χ1) is 15.9. The summed E-state index contributed by atoms with van der Waals surface area (Å²) in [6.45, 7) is 0. The van der Waals surface area contributed by atoms with E-state index in [1.165, 1.54) is 21.2 Å². The number of rotatable bonds is 7. The van der Waals surface area contributed by atoms with E-state index in [4.69, 9.17) is 0 Å². The summed E-state index contributed by atoms with van der Waals surface area (Å²) in [5, 5.41) is 7.33. The van der Waals surface area contributed by atoms with Crippen LogP contribution in [-0.4, -0.2) is 6.16 Å². The molecule has 4 aromatic carbocycles. The summed E-state index contributed by atoms with van der Waals surface area (Å²) in [5.74, 6) is 0.452. The van der Waals surface area contributed by atoms with Gasteiger partial charge >= 0.3 is 0 Å². The lowest BCUT2D eigenvalue weighted by Gasteiger charge is -2.28. The average molecular weight is 448 g/mol. The Morgan fingerprint density at radius 2 is 0.906 bits per heavy atom. The molecule has 1 aliphatic carbocycles. The molecular formula is C30H26P2. The van der Waals surface area contributed by atoms with Crippen LogP contribution < -0.4 is 21.2 Å². The Labute approximate surface area is 193 Å². The molecule has 0 heterocycles. The van der Waals surface area contributed by atoms with E-state index in [-0.39, 0.29) is 0 Å². The monoisotopic (exact) mass is 448 g/mol. The van der Waals surface area contributed by atoms with E-state index in [2.05, 4.69) is 140 Å². The second-order valence-corrected chi connectivity index (χ2v) is 12.3. The number of hydrogen-bond acceptors (Lipinski definition) is 0. The molecule has 0 amide bonds. The molecule has 0 aliphatic heterocycles. The zero-order chi connectivity index (χ0) is 21.6. The van der Waals surface area contributed by atoms with Gasteiger partial charge in [0.15, 0.2) is 0 Å². The highest BCUT2D eigenvalue weighted by Gasteiger charge is 2.29. The van der Waals surface area contributed by atoms with Gasteiger partial charge in [-0.1, -0.05) is 140 Å². The molecule has 1 atom stereocenters. The minimum Gasteiger partial charge on any atom is -0.0766 e. The minimum absolute atomic E-state index is 0.433. The summed E-state index contributed by atoms with van der Waals surface area (Å²) in [4.78, 5) is 0. The van der Waals surface area contributed by atoms with Crippen LogP contribution in [-0.2, 0) is 0 Å². The molecule has 32 heavy (non-hydrogen) atoms. The van der Waals surface area contributed by atoms with Crippen LogP contribution in [0.4, 0.5) is 0 Å². The summed E-state index contributed by atoms with van der Waals surface area (Å²) in [5.41, 5.74) is 0. The minimum atomic E-state index is -0.551. The molecule has 156 valence electrons. The lowest BCUT2D eigenvalue weighted by molar-refractivity contribution is 0.951. The average Bonchev–Trinajstić information content (AvgIpc) is 3.33. The highest BCUT2D eigenvalue weighted by atomic mass is 31.1. The summed E-state index contributed by atoms with van der Waals surface area (Å²) in [6, 6.07) is 44.3. The van der Waals surface area contributed by atoms with E-state index in [1.54, 1.807) is 5.31 Å². The Morgan fingerprint density at radius 1 is 0.500 bits per heavy atom. The molecule has 0 saturated carbocycles. The van der Waals surface area contributed by atoms with E-state index in [9.17, 15) is 0 Å². The van der Waals surface area contributed by atoms with Crippen LogP contribution in [0.2, 0.25) is 0 Å². The van der Waals surface area contributed by atoms with Crippen LogP contribution in [0.25, 0.3) is 0 Å². The first-order valence-corrected chi connectivity index (χ1v) is 13.9. The van der Waals surface area contributed by atoms with Crippen molar-refractivity contribution < 1.29 is 0 Å². The Hall–Kier alpha value is -2.78. The third-order valence-electron chi connectivity index (χ3n) is 5.79. The fourth-order valence-corrected chi connectivity index (χ4v) is 9.50. The summed E-state index contributed by atoms with van der Waals surface area (Å²) < 4.78 is 0. The van der Waals surface area contributed by atoms with Crippen LogP contribution in [0, 0.1) is 5.92 Å². The zero-order valence-electron chi connectivity index (χ0n) is 18.0. The Bertz CT molecular complexity index is 1100. The van der Waals surface area contributed by atoms with E-state index in [1.807, 2.05) is 0 Å². The summed E-state index contributed by atoms with van der Waals surface area (Å²) >= 11 is 0. The second kappa shape index (κ2) is 10.2. The molecule has 4 aromatic rings. The predicted octanol–water partition coefficient (Wildman–Crippen LogP) is 6.32. The standard InChI is InChI=1S/C30H26P2/c1-5-15-26(16-6-1)31(27-17-7-2-8-18-27)24-25-14-13-23-30(25)32(28-19-9-3-10-20-28)29-21-11-4-12-22-29/h1-23,25H,24H2. The van der Waals surface area contributed by atoms with Crippen molar-refractivity contribution in [2.75, 3.05) is 6.16 Å². The van der Waals surface area contributed by atoms with E-state index in [0.29, 0.717) is 5.92 Å². The van der Waals surface area contributed by atoms with E-state index >= 15 is 0 Å². The molecule has 0 aromatic heterocycles. The van der Waals surface area contributed by atoms with Gasteiger partial charge in [0.25, 0.3) is 0 Å². The second-order valence-electron chi connectivity index (χ2n) is 7.87. The van der Waals surface area contributed by atoms with Crippen molar-refractivity contribution in [3.05, 3.63) is 145 Å². The smallest absolute Gasteiger partial charge is 0.00770 e. The Balaban J connectivity index is 1.51. The maximum absolute atomic E-state index is 2.43. The van der Waals surface area contributed by atoms with Crippen LogP contribution >= 0.6 is 15.8 Å². The normalized spacial score (nSPS) is 15.3. The molecule has 0 radical (unpaired) electrons. The first kappa shape index (κ1) is 21.1. The lowest BCUT2D eigenvalue weighted by Crippen LogP contribution is -2.20. The molecule has 0 nitrogen and oxygen atoms in total. The summed E-state index contributed by atoms with van der Waals surface area (Å²) in [6.07, 6.45) is 8.24. The lowest BCUT2D eigenvalue weighted by atomic mass is 10.2. The first-order valence-electron chi connectivity index (χ1n) is 11.1. The SMILES string of the molecule is C1=CC(CP(c2ccccc2)c2ccccc2)C(P(c2ccccc2)c2ccccc2)=C1. The van der Waals surface area contributed by atoms with Crippen LogP contribution in [0.5, 0.6) is 0 Å². The molecule has 1 aliphatic rings. The molecule has 0 N–H and O–H groups in total. The fraction of sp³-hybridized carbons (Fsp3) is 0.0667. The van der Waals surface area contributed by atoms with Crippen LogP contribution in [0.3, 0.4) is 0 Å². The molecule has 1 unspecified atom stereocenters. The molecule has 0 fully saturated rings. The predicted molar refractivity (Wildman–Crippen MR) is 144 cm³/mol. The maximum Gasteiger partial charge on any atom is 0.00770 e. The number of allylic oxidation sites excluding steroid dienone is 4. The van der Waals surface area contributed by atoms with Gasteiger partial charge in [-0.25, -0.2) is 0 Å². The van der Waals surface area contributed by atoms with Gasteiger partial charge in [-0.3, -0.25) is 0 Å². The van der Waals surface area contributed by atoms with Crippen molar-refractivity contribution in [2.45, 2.75) is 0 Å². The number of benzene rings is 4. The quantitative estimate of drug-likeness (QED) is 0.290. The maximum atomic E-state index is 2.43. The van der Waals surface area contributed by atoms with Crippen LogP contribution in [0.1, 0.15) is 0 Å². The van der Waals surface area contributed by atoms with Crippen molar-refractivity contribution in [3.8, 4) is 0 Å². The summed E-state index contributed by atoms with van der Waals surface area (Å²) in [7, 11) is -0.984. The van der Waals surface area contributed by atoms with Crippen molar-refractivity contribution in [3.63, 3.8) is 0 Å². The third-order valence-corrected chi connectivity index (χ3v) is 11.0. The van der Waals surface area contributed by atoms with Gasteiger partial charge < -0.3 is 0 Å². The van der Waals surface area contributed by atoms with Gasteiger partial charge in [-0.2, -0.15) is 0 Å². The van der Waals surface area contributed by atoms with Crippen molar-refractivity contribution >= 4 is 37.1 Å². The van der Waals surface area contributed by atoms with E-state index < -0.39 is 15.8 Å². The van der Waals surface area contributed by atoms with E-state index in [0.717, 1.165) is 6.16 Å². The highest BCUT2D eigenvalue weighted by molar-refractivity contribution is 7.77. The zero-order valence-corrected chi connectivity index (χ0v) is 19.7. The fourth-order valence-electron chi connectivity index (χ4n) is 4.28. The van der Waals surface area contributed by atoms with Crippen molar-refractivity contribution in [1.29, 1.82) is 0 Å². The third kappa shape index (κ3) is 4.68. The molecule has 2 heteroatoms. The number of hydrogen-bond donors (Lipinski definition) is 0. The largest absolute Gasteiger partial charge is 0.0766 e. The van der Waals surface area contributed by atoms with Gasteiger partial charge in [-0.15, -0.1) is 0 Å².